The molecule has 0 radical (unpaired) electrons. The predicted octanol–water partition coefficient (Wildman–Crippen LogP) is 1.34. The zero-order valence-corrected chi connectivity index (χ0v) is 10.9. The molecule has 0 spiro atoms. The van der Waals surface area contributed by atoms with Crippen molar-refractivity contribution in [2.45, 2.75) is 19.9 Å². The van der Waals surface area contributed by atoms with Gasteiger partial charge >= 0.3 is 5.69 Å². The molecule has 1 N–H and O–H groups in total. The lowest BCUT2D eigenvalue weighted by atomic mass is 10.4. The van der Waals surface area contributed by atoms with Gasteiger partial charge in [-0.05, 0) is 6.92 Å². The molecule has 0 saturated carbocycles. The molecule has 2 rings (SSSR count). The first-order valence-corrected chi connectivity index (χ1v) is 6.34. The van der Waals surface area contributed by atoms with E-state index in [0.717, 1.165) is 15.3 Å². The van der Waals surface area contributed by atoms with Crippen LogP contribution in [0.2, 0.25) is 5.15 Å². The van der Waals surface area contributed by atoms with Gasteiger partial charge in [0.15, 0.2) is 5.15 Å². The van der Waals surface area contributed by atoms with Crippen LogP contribution >= 0.6 is 22.9 Å². The number of rotatable bonds is 3. The van der Waals surface area contributed by atoms with Crippen LogP contribution in [0.25, 0.3) is 0 Å². The molecule has 5 nitrogen and oxygen atoms in total. The zero-order valence-electron chi connectivity index (χ0n) is 9.37. The van der Waals surface area contributed by atoms with Crippen LogP contribution in [0.3, 0.4) is 0 Å². The lowest BCUT2D eigenvalue weighted by Gasteiger charge is -2.03. The van der Waals surface area contributed by atoms with Crippen LogP contribution in [-0.4, -0.2) is 14.5 Å². The second-order valence-corrected chi connectivity index (χ2v) is 4.97. The van der Waals surface area contributed by atoms with Crippen LogP contribution in [0.15, 0.2) is 15.0 Å². The summed E-state index contributed by atoms with van der Waals surface area (Å²) in [5.74, 6) is -1.15. The summed E-state index contributed by atoms with van der Waals surface area (Å²) in [7, 11) is 0. The molecule has 0 fully saturated rings. The van der Waals surface area contributed by atoms with Crippen LogP contribution in [0, 0.1) is 12.7 Å². The summed E-state index contributed by atoms with van der Waals surface area (Å²) in [4.78, 5) is 29.2. The van der Waals surface area contributed by atoms with Crippen molar-refractivity contribution in [3.8, 4) is 0 Å². The van der Waals surface area contributed by atoms with Gasteiger partial charge in [-0.15, -0.1) is 11.3 Å². The number of nitrogens with one attached hydrogen (secondary N) is 1. The van der Waals surface area contributed by atoms with E-state index in [4.69, 9.17) is 11.6 Å². The molecule has 2 aromatic heterocycles. The van der Waals surface area contributed by atoms with Crippen LogP contribution in [0.5, 0.6) is 0 Å². The van der Waals surface area contributed by atoms with Crippen LogP contribution in [0.4, 0.5) is 4.39 Å². The Balaban J connectivity index is 2.28. The molecule has 0 bridgehead atoms. The summed E-state index contributed by atoms with van der Waals surface area (Å²) in [5.41, 5.74) is -0.866. The Morgan fingerprint density at radius 3 is 2.89 bits per heavy atom. The van der Waals surface area contributed by atoms with E-state index in [1.165, 1.54) is 11.3 Å². The first-order chi connectivity index (χ1) is 8.49. The second-order valence-electron chi connectivity index (χ2n) is 3.65. The fourth-order valence-electron chi connectivity index (χ4n) is 1.45. The van der Waals surface area contributed by atoms with Gasteiger partial charge < -0.3 is 0 Å². The standard InChI is InChI=1S/C10H9ClFN3O2S/c1-5-4-18-6(13-5)2-3-15-9(16)7(12)8(11)14-10(15)17/h4H,2-3H2,1H3,(H,14,17). The van der Waals surface area contributed by atoms with E-state index in [1.807, 2.05) is 12.3 Å². The van der Waals surface area contributed by atoms with E-state index in [0.29, 0.717) is 6.42 Å². The largest absolute Gasteiger partial charge is 0.329 e. The summed E-state index contributed by atoms with van der Waals surface area (Å²) < 4.78 is 14.0. The van der Waals surface area contributed by atoms with Gasteiger partial charge in [-0.1, -0.05) is 11.6 Å². The van der Waals surface area contributed by atoms with Gasteiger partial charge in [0, 0.05) is 24.0 Å². The van der Waals surface area contributed by atoms with Crippen molar-refractivity contribution < 1.29 is 4.39 Å². The molecule has 0 amide bonds. The smallest absolute Gasteiger partial charge is 0.295 e. The van der Waals surface area contributed by atoms with Gasteiger partial charge in [-0.25, -0.2) is 9.78 Å². The Morgan fingerprint density at radius 1 is 1.56 bits per heavy atom. The summed E-state index contributed by atoms with van der Waals surface area (Å²) in [6.45, 7) is 1.91. The number of halogens is 2. The minimum atomic E-state index is -1.15. The maximum atomic E-state index is 13.3. The fourth-order valence-corrected chi connectivity index (χ4v) is 2.38. The van der Waals surface area contributed by atoms with Gasteiger partial charge in [-0.3, -0.25) is 14.3 Å². The van der Waals surface area contributed by atoms with Crippen LogP contribution in [-0.2, 0) is 13.0 Å². The zero-order chi connectivity index (χ0) is 13.3. The van der Waals surface area contributed by atoms with Crippen molar-refractivity contribution in [3.63, 3.8) is 0 Å². The van der Waals surface area contributed by atoms with Gasteiger partial charge in [0.1, 0.15) is 0 Å². The molecular weight excluding hydrogens is 281 g/mol. The Kier molecular flexibility index (Phi) is 3.63. The molecule has 0 atom stereocenters. The Bertz CT molecular complexity index is 691. The van der Waals surface area contributed by atoms with E-state index in [2.05, 4.69) is 9.97 Å². The highest BCUT2D eigenvalue weighted by Gasteiger charge is 2.12. The molecule has 0 unspecified atom stereocenters. The third kappa shape index (κ3) is 2.51. The van der Waals surface area contributed by atoms with E-state index in [1.54, 1.807) is 0 Å². The maximum absolute atomic E-state index is 13.3. The number of aromatic amines is 1. The molecule has 2 aromatic rings. The monoisotopic (exact) mass is 289 g/mol. The van der Waals surface area contributed by atoms with Crippen molar-refractivity contribution >= 4 is 22.9 Å². The molecule has 8 heteroatoms. The van der Waals surface area contributed by atoms with Gasteiger partial charge in [-0.2, -0.15) is 4.39 Å². The van der Waals surface area contributed by atoms with E-state index < -0.39 is 22.2 Å². The summed E-state index contributed by atoms with van der Waals surface area (Å²) in [5, 5.41) is 2.09. The Hall–Kier alpha value is -1.47. The van der Waals surface area contributed by atoms with Crippen molar-refractivity contribution in [2.75, 3.05) is 0 Å². The number of hydrogen-bond donors (Lipinski definition) is 1. The Morgan fingerprint density at radius 2 is 2.28 bits per heavy atom. The molecule has 2 heterocycles. The molecule has 0 aromatic carbocycles. The third-order valence-electron chi connectivity index (χ3n) is 2.30. The summed E-state index contributed by atoms with van der Waals surface area (Å²) >= 11 is 6.79. The van der Waals surface area contributed by atoms with E-state index in [-0.39, 0.29) is 6.54 Å². The normalized spacial score (nSPS) is 10.8. The molecule has 0 aliphatic carbocycles. The van der Waals surface area contributed by atoms with Gasteiger partial charge in [0.2, 0.25) is 5.82 Å². The second kappa shape index (κ2) is 5.03. The number of nitrogens with zero attached hydrogens (tertiary/aromatic N) is 2. The number of thiazole rings is 1. The molecular formula is C10H9ClFN3O2S. The molecule has 96 valence electrons. The third-order valence-corrected chi connectivity index (χ3v) is 3.59. The van der Waals surface area contributed by atoms with Crippen molar-refractivity contribution in [1.82, 2.24) is 14.5 Å². The van der Waals surface area contributed by atoms with E-state index in [9.17, 15) is 14.0 Å². The van der Waals surface area contributed by atoms with Crippen molar-refractivity contribution in [2.24, 2.45) is 0 Å². The lowest BCUT2D eigenvalue weighted by molar-refractivity contribution is 0.538. The summed E-state index contributed by atoms with van der Waals surface area (Å²) in [6, 6.07) is 0. The number of aromatic nitrogens is 3. The minimum Gasteiger partial charge on any atom is -0.295 e. The first-order valence-electron chi connectivity index (χ1n) is 5.08. The van der Waals surface area contributed by atoms with Gasteiger partial charge in [0.25, 0.3) is 5.56 Å². The molecule has 0 aliphatic rings. The van der Waals surface area contributed by atoms with E-state index >= 15 is 0 Å². The number of H-pyrrole nitrogens is 1. The highest BCUT2D eigenvalue weighted by atomic mass is 35.5. The van der Waals surface area contributed by atoms with Crippen molar-refractivity contribution in [1.29, 1.82) is 0 Å². The predicted molar refractivity (Wildman–Crippen MR) is 66.8 cm³/mol. The highest BCUT2D eigenvalue weighted by Crippen LogP contribution is 2.09. The maximum Gasteiger partial charge on any atom is 0.329 e. The Labute approximate surface area is 110 Å². The highest BCUT2D eigenvalue weighted by molar-refractivity contribution is 7.09. The SMILES string of the molecule is Cc1csc(CCn2c(=O)[nH]c(Cl)c(F)c2=O)n1. The number of hydrogen-bond acceptors (Lipinski definition) is 4. The topological polar surface area (TPSA) is 67.8 Å². The van der Waals surface area contributed by atoms with Crippen LogP contribution in [0.1, 0.15) is 10.7 Å². The first kappa shape index (κ1) is 13.0. The average Bonchev–Trinajstić information content (AvgIpc) is 2.72. The lowest BCUT2D eigenvalue weighted by Crippen LogP contribution is -2.37. The molecule has 0 saturated heterocycles. The number of aryl methyl sites for hydroxylation is 2. The van der Waals surface area contributed by atoms with Crippen LogP contribution < -0.4 is 11.2 Å². The van der Waals surface area contributed by atoms with Gasteiger partial charge in [0.05, 0.1) is 5.01 Å². The molecule has 18 heavy (non-hydrogen) atoms. The molecule has 0 aliphatic heterocycles. The van der Waals surface area contributed by atoms with Crippen molar-refractivity contribution in [3.05, 3.63) is 47.9 Å². The quantitative estimate of drug-likeness (QED) is 0.867. The minimum absolute atomic E-state index is 0.0647. The fraction of sp³-hybridized carbons (Fsp3) is 0.300. The summed E-state index contributed by atoms with van der Waals surface area (Å²) in [6.07, 6.45) is 0.391. The average molecular weight is 290 g/mol.